The summed E-state index contributed by atoms with van der Waals surface area (Å²) in [6.07, 6.45) is 3.53. The third-order valence-electron chi connectivity index (χ3n) is 6.44. The molecule has 2 heterocycles. The van der Waals surface area contributed by atoms with Crippen molar-refractivity contribution in [1.29, 1.82) is 0 Å². The molecule has 2 aliphatic rings. The van der Waals surface area contributed by atoms with Crippen LogP contribution in [0.4, 0.5) is 5.69 Å². The van der Waals surface area contributed by atoms with Gasteiger partial charge in [0.05, 0.1) is 17.8 Å². The molecule has 0 radical (unpaired) electrons. The molecule has 0 aromatic heterocycles. The Bertz CT molecular complexity index is 1150. The van der Waals surface area contributed by atoms with Gasteiger partial charge >= 0.3 is 0 Å². The van der Waals surface area contributed by atoms with Gasteiger partial charge in [0.15, 0.2) is 0 Å². The van der Waals surface area contributed by atoms with Gasteiger partial charge in [-0.2, -0.15) is 4.31 Å². The second kappa shape index (κ2) is 9.04. The Morgan fingerprint density at radius 2 is 1.94 bits per heavy atom. The van der Waals surface area contributed by atoms with Crippen LogP contribution in [0.5, 0.6) is 5.75 Å². The maximum Gasteiger partial charge on any atom is 0.258 e. The van der Waals surface area contributed by atoms with Crippen LogP contribution < -0.4 is 9.64 Å². The quantitative estimate of drug-likeness (QED) is 0.643. The Labute approximate surface area is 195 Å². The van der Waals surface area contributed by atoms with Crippen molar-refractivity contribution >= 4 is 33.2 Å². The number of hydrogen-bond acceptors (Lipinski definition) is 4. The number of nitrogens with zero attached hydrogens (tertiary/aromatic N) is 2. The Balaban J connectivity index is 1.73. The zero-order chi connectivity index (χ0) is 23.0. The van der Waals surface area contributed by atoms with Gasteiger partial charge in [0, 0.05) is 25.2 Å². The molecule has 1 unspecified atom stereocenters. The van der Waals surface area contributed by atoms with Crippen LogP contribution in [0, 0.1) is 12.8 Å². The summed E-state index contributed by atoms with van der Waals surface area (Å²) in [5.41, 5.74) is 3.27. The molecule has 0 N–H and O–H groups in total. The lowest BCUT2D eigenvalue weighted by molar-refractivity contribution is 0.0984. The highest BCUT2D eigenvalue weighted by Crippen LogP contribution is 2.39. The van der Waals surface area contributed by atoms with E-state index in [0.717, 1.165) is 42.5 Å². The minimum absolute atomic E-state index is 0.00689. The molecule has 6 nitrogen and oxygen atoms in total. The van der Waals surface area contributed by atoms with Crippen LogP contribution >= 0.6 is 11.6 Å². The smallest absolute Gasteiger partial charge is 0.258 e. The van der Waals surface area contributed by atoms with E-state index in [1.807, 2.05) is 26.0 Å². The van der Waals surface area contributed by atoms with Gasteiger partial charge in [0.1, 0.15) is 10.6 Å². The monoisotopic (exact) mass is 476 g/mol. The molecule has 32 heavy (non-hydrogen) atoms. The highest BCUT2D eigenvalue weighted by molar-refractivity contribution is 7.89. The lowest BCUT2D eigenvalue weighted by Gasteiger charge is -2.32. The van der Waals surface area contributed by atoms with Crippen molar-refractivity contribution in [2.24, 2.45) is 5.92 Å². The fourth-order valence-electron chi connectivity index (χ4n) is 4.71. The highest BCUT2D eigenvalue weighted by Gasteiger charge is 2.33. The van der Waals surface area contributed by atoms with Gasteiger partial charge in [-0.3, -0.25) is 4.79 Å². The first kappa shape index (κ1) is 23.1. The molecule has 2 aromatic rings. The number of methoxy groups -OCH3 is 1. The number of carbonyl (C=O) groups excluding carboxylic acids is 1. The van der Waals surface area contributed by atoms with Gasteiger partial charge in [0.25, 0.3) is 5.91 Å². The van der Waals surface area contributed by atoms with Gasteiger partial charge in [0.2, 0.25) is 10.0 Å². The van der Waals surface area contributed by atoms with E-state index in [1.165, 1.54) is 16.4 Å². The Morgan fingerprint density at radius 3 is 2.66 bits per heavy atom. The van der Waals surface area contributed by atoms with E-state index in [0.29, 0.717) is 36.9 Å². The maximum absolute atomic E-state index is 13.6. The number of ether oxygens (including phenoxy) is 1. The van der Waals surface area contributed by atoms with E-state index in [4.69, 9.17) is 16.3 Å². The lowest BCUT2D eigenvalue weighted by Crippen LogP contribution is -2.39. The third kappa shape index (κ3) is 4.14. The van der Waals surface area contributed by atoms with Crippen LogP contribution in [0.2, 0.25) is 5.02 Å². The molecule has 1 saturated heterocycles. The first-order chi connectivity index (χ1) is 15.2. The fourth-order valence-corrected chi connectivity index (χ4v) is 6.81. The summed E-state index contributed by atoms with van der Waals surface area (Å²) in [4.78, 5) is 15.3. The average molecular weight is 477 g/mol. The number of aryl methyl sites for hydroxylation is 1. The van der Waals surface area contributed by atoms with E-state index >= 15 is 0 Å². The molecule has 4 rings (SSSR count). The van der Waals surface area contributed by atoms with Gasteiger partial charge < -0.3 is 9.64 Å². The number of amides is 1. The number of rotatable bonds is 4. The summed E-state index contributed by atoms with van der Waals surface area (Å²) in [7, 11) is -2.19. The molecule has 8 heteroatoms. The molecule has 0 spiro atoms. The summed E-state index contributed by atoms with van der Waals surface area (Å²) in [5, 5.41) is 0.132. The zero-order valence-corrected chi connectivity index (χ0v) is 20.3. The number of carbonyl (C=O) groups is 1. The number of hydrogen-bond donors (Lipinski definition) is 0. The van der Waals surface area contributed by atoms with E-state index in [9.17, 15) is 13.2 Å². The topological polar surface area (TPSA) is 66.9 Å². The Kier molecular flexibility index (Phi) is 6.52. The maximum atomic E-state index is 13.6. The van der Waals surface area contributed by atoms with Crippen LogP contribution in [0.1, 0.15) is 47.7 Å². The second-order valence-electron chi connectivity index (χ2n) is 8.73. The van der Waals surface area contributed by atoms with Crippen LogP contribution in [-0.4, -0.2) is 45.4 Å². The van der Waals surface area contributed by atoms with Gasteiger partial charge in [-0.25, -0.2) is 8.42 Å². The van der Waals surface area contributed by atoms with Crippen LogP contribution in [0.15, 0.2) is 35.2 Å². The predicted molar refractivity (Wildman–Crippen MR) is 126 cm³/mol. The van der Waals surface area contributed by atoms with Crippen LogP contribution in [0.3, 0.4) is 0 Å². The molecule has 172 valence electrons. The number of fused-ring (bicyclic) bond motifs is 1. The first-order valence-corrected chi connectivity index (χ1v) is 12.8. The van der Waals surface area contributed by atoms with E-state index in [-0.39, 0.29) is 15.8 Å². The van der Waals surface area contributed by atoms with Crippen molar-refractivity contribution in [3.8, 4) is 5.75 Å². The molecule has 0 bridgehead atoms. The predicted octanol–water partition coefficient (Wildman–Crippen LogP) is 4.67. The minimum atomic E-state index is -3.79. The number of benzene rings is 2. The van der Waals surface area contributed by atoms with Crippen molar-refractivity contribution < 1.29 is 17.9 Å². The number of sulfonamides is 1. The average Bonchev–Trinajstić information content (AvgIpc) is 2.79. The summed E-state index contributed by atoms with van der Waals surface area (Å²) < 4.78 is 33.7. The molecular weight excluding hydrogens is 448 g/mol. The zero-order valence-electron chi connectivity index (χ0n) is 18.7. The Morgan fingerprint density at radius 1 is 1.16 bits per heavy atom. The molecule has 1 amide bonds. The Hall–Kier alpha value is -2.09. The van der Waals surface area contributed by atoms with Crippen LogP contribution in [-0.2, 0) is 16.4 Å². The summed E-state index contributed by atoms with van der Waals surface area (Å²) >= 11 is 6.33. The van der Waals surface area contributed by atoms with Gasteiger partial charge in [-0.05, 0) is 73.9 Å². The number of anilines is 1. The summed E-state index contributed by atoms with van der Waals surface area (Å²) in [6.45, 7) is 5.55. The van der Waals surface area contributed by atoms with Crippen molar-refractivity contribution in [1.82, 2.24) is 4.31 Å². The van der Waals surface area contributed by atoms with E-state index in [1.54, 1.807) is 18.1 Å². The molecular formula is C24H29ClN2O4S. The van der Waals surface area contributed by atoms with Crippen molar-refractivity contribution in [3.05, 3.63) is 52.0 Å². The van der Waals surface area contributed by atoms with Crippen molar-refractivity contribution in [2.75, 3.05) is 31.6 Å². The largest absolute Gasteiger partial charge is 0.495 e. The van der Waals surface area contributed by atoms with E-state index < -0.39 is 10.0 Å². The standard InChI is InChI=1S/C24H29ClN2O4S/c1-16-6-4-12-26(15-16)32(29,30)22-14-18(9-10-20(22)25)24(28)27-13-5-7-19-17(2)8-11-21(31-3)23(19)27/h8-11,14,16H,4-7,12-13,15H2,1-3H3. The summed E-state index contributed by atoms with van der Waals surface area (Å²) in [6, 6.07) is 8.40. The van der Waals surface area contributed by atoms with Crippen LogP contribution in [0.25, 0.3) is 0 Å². The number of halogens is 1. The molecule has 0 saturated carbocycles. The fraction of sp³-hybridized carbons (Fsp3) is 0.458. The first-order valence-electron chi connectivity index (χ1n) is 11.0. The highest BCUT2D eigenvalue weighted by atomic mass is 35.5. The van der Waals surface area contributed by atoms with Crippen molar-refractivity contribution in [2.45, 2.75) is 44.4 Å². The third-order valence-corrected chi connectivity index (χ3v) is 8.79. The molecule has 1 fully saturated rings. The van der Waals surface area contributed by atoms with Gasteiger partial charge in [-0.1, -0.05) is 24.6 Å². The molecule has 0 aliphatic carbocycles. The molecule has 1 atom stereocenters. The SMILES string of the molecule is COc1ccc(C)c2c1N(C(=O)c1ccc(Cl)c(S(=O)(=O)N3CCCC(C)C3)c1)CCC2. The van der Waals surface area contributed by atoms with Gasteiger partial charge in [-0.15, -0.1) is 0 Å². The second-order valence-corrected chi connectivity index (χ2v) is 11.0. The van der Waals surface area contributed by atoms with E-state index in [2.05, 4.69) is 0 Å². The molecule has 2 aromatic carbocycles. The van der Waals surface area contributed by atoms with Crippen molar-refractivity contribution in [3.63, 3.8) is 0 Å². The minimum Gasteiger partial charge on any atom is -0.495 e. The normalized spacial score (nSPS) is 19.5. The lowest BCUT2D eigenvalue weighted by atomic mass is 9.95. The summed E-state index contributed by atoms with van der Waals surface area (Å²) in [5.74, 6) is 0.681. The molecule has 2 aliphatic heterocycles. The number of piperidine rings is 1.